The van der Waals surface area contributed by atoms with Crippen LogP contribution >= 0.6 is 21.6 Å². The van der Waals surface area contributed by atoms with Crippen LogP contribution in [0, 0.1) is 0 Å². The van der Waals surface area contributed by atoms with Crippen molar-refractivity contribution in [1.29, 1.82) is 0 Å². The number of aryl methyl sites for hydroxylation is 4. The van der Waals surface area contributed by atoms with E-state index in [0.29, 0.717) is 22.3 Å². The molecule has 286 valence electrons. The largest absolute Gasteiger partial charge is 0.384 e. The fraction of sp³-hybridized carbons (Fsp3) is 0.286. The Kier molecular flexibility index (Phi) is 10.8. The zero-order chi connectivity index (χ0) is 38.8. The van der Waals surface area contributed by atoms with Gasteiger partial charge in [-0.05, 0) is 36.4 Å². The number of carbonyl (C=O) groups is 4. The molecule has 12 nitrogen and oxygen atoms in total. The first kappa shape index (κ1) is 37.3. The third-order valence-electron chi connectivity index (χ3n) is 10.5. The molecule has 0 saturated heterocycles. The molecular weight excluding hydrogens is 745 g/mol. The van der Waals surface area contributed by atoms with Gasteiger partial charge in [0.1, 0.15) is 24.8 Å². The van der Waals surface area contributed by atoms with E-state index in [1.165, 1.54) is 23.9 Å². The molecule has 0 saturated carbocycles. The van der Waals surface area contributed by atoms with Crippen LogP contribution in [-0.2, 0) is 26.2 Å². The van der Waals surface area contributed by atoms with Crippen LogP contribution in [0.2, 0.25) is 0 Å². The summed E-state index contributed by atoms with van der Waals surface area (Å²) in [7, 11) is 6.86. The number of hydrogen-bond acceptors (Lipinski definition) is 8. The number of nitrogens with zero attached hydrogens (tertiary/aromatic N) is 6. The van der Waals surface area contributed by atoms with Crippen molar-refractivity contribution in [3.63, 3.8) is 0 Å². The van der Waals surface area contributed by atoms with E-state index in [9.17, 15) is 19.2 Å². The van der Waals surface area contributed by atoms with Crippen LogP contribution in [0.3, 0.4) is 0 Å². The average Bonchev–Trinajstić information content (AvgIpc) is 3.88. The van der Waals surface area contributed by atoms with Crippen molar-refractivity contribution >= 4 is 78.1 Å². The van der Waals surface area contributed by atoms with Crippen LogP contribution in [0.5, 0.6) is 0 Å². The van der Waals surface area contributed by atoms with E-state index < -0.39 is 0 Å². The Hall–Kier alpha value is -5.60. The molecule has 4 aromatic carbocycles. The maximum absolute atomic E-state index is 12.7. The predicted octanol–water partition coefficient (Wildman–Crippen LogP) is 5.71. The monoisotopic (exact) mass is 788 g/mol. The Morgan fingerprint density at radius 1 is 0.554 bits per heavy atom. The molecule has 0 aliphatic carbocycles. The van der Waals surface area contributed by atoms with Crippen molar-refractivity contribution in [2.45, 2.75) is 39.0 Å². The molecular formula is C42H44N8O4S2+2. The number of carbonyl (C=O) groups excluding carboxylic acids is 4. The first-order valence-electron chi connectivity index (χ1n) is 18.9. The molecule has 2 aliphatic rings. The van der Waals surface area contributed by atoms with Crippen LogP contribution in [0.15, 0.2) is 98.1 Å². The zero-order valence-electron chi connectivity index (χ0n) is 31.4. The van der Waals surface area contributed by atoms with Gasteiger partial charge in [-0.25, -0.2) is 18.3 Å². The van der Waals surface area contributed by atoms with Gasteiger partial charge in [-0.15, -0.1) is 0 Å². The molecule has 56 heavy (non-hydrogen) atoms. The summed E-state index contributed by atoms with van der Waals surface area (Å²) in [5, 5.41) is 10.3. The maximum atomic E-state index is 12.7. The molecule has 0 fully saturated rings. The van der Waals surface area contributed by atoms with Crippen molar-refractivity contribution in [3.05, 3.63) is 120 Å². The molecule has 0 atom stereocenters. The molecule has 2 aromatic heterocycles. The molecule has 2 N–H and O–H groups in total. The van der Waals surface area contributed by atoms with Gasteiger partial charge in [-0.1, -0.05) is 45.9 Å². The van der Waals surface area contributed by atoms with Gasteiger partial charge in [0.15, 0.2) is 0 Å². The van der Waals surface area contributed by atoms with Gasteiger partial charge in [-0.2, -0.15) is 0 Å². The SMILES string of the molecule is CN1C(=O)c2cccc3c(NCCC[n+]4ccn(CCSSCCn5cc[n+](CCCNc6ccc7c8c(cccc68)C(=O)N(C)C7=O)c5)c4)ccc(c23)C1=O. The first-order chi connectivity index (χ1) is 27.3. The molecule has 0 unspecified atom stereocenters. The Bertz CT molecular complexity index is 2280. The third kappa shape index (κ3) is 7.38. The lowest BCUT2D eigenvalue weighted by Crippen LogP contribution is -2.36. The maximum Gasteiger partial charge on any atom is 0.261 e. The molecule has 0 radical (unpaired) electrons. The molecule has 6 aromatic rings. The lowest BCUT2D eigenvalue weighted by Gasteiger charge is -2.24. The number of amides is 4. The van der Waals surface area contributed by atoms with Crippen LogP contribution in [0.1, 0.15) is 54.3 Å². The van der Waals surface area contributed by atoms with E-state index in [2.05, 4.69) is 66.3 Å². The number of rotatable bonds is 17. The Morgan fingerprint density at radius 2 is 0.964 bits per heavy atom. The van der Waals surface area contributed by atoms with Crippen LogP contribution in [-0.4, -0.2) is 81.3 Å². The molecule has 14 heteroatoms. The second-order valence-electron chi connectivity index (χ2n) is 14.1. The van der Waals surface area contributed by atoms with E-state index in [-0.39, 0.29) is 23.6 Å². The second-order valence-corrected chi connectivity index (χ2v) is 16.8. The summed E-state index contributed by atoms with van der Waals surface area (Å²) in [6.07, 6.45) is 14.7. The van der Waals surface area contributed by atoms with Crippen LogP contribution in [0.25, 0.3) is 21.5 Å². The summed E-state index contributed by atoms with van der Waals surface area (Å²) in [5.74, 6) is 1.01. The lowest BCUT2D eigenvalue weighted by atomic mass is 9.93. The van der Waals surface area contributed by atoms with Crippen molar-refractivity contribution in [2.24, 2.45) is 0 Å². The highest BCUT2D eigenvalue weighted by molar-refractivity contribution is 8.76. The summed E-state index contributed by atoms with van der Waals surface area (Å²) >= 11 is 0. The summed E-state index contributed by atoms with van der Waals surface area (Å²) in [6.45, 7) is 5.20. The summed E-state index contributed by atoms with van der Waals surface area (Å²) < 4.78 is 8.88. The molecule has 4 heterocycles. The normalized spacial score (nSPS) is 13.8. The van der Waals surface area contributed by atoms with Gasteiger partial charge >= 0.3 is 0 Å². The lowest BCUT2D eigenvalue weighted by molar-refractivity contribution is -0.696. The van der Waals surface area contributed by atoms with Crippen LogP contribution in [0.4, 0.5) is 11.4 Å². The van der Waals surface area contributed by atoms with E-state index in [0.717, 1.165) is 96.5 Å². The van der Waals surface area contributed by atoms with Crippen molar-refractivity contribution in [2.75, 3.05) is 49.3 Å². The topological polar surface area (TPSA) is 116 Å². The van der Waals surface area contributed by atoms with Gasteiger partial charge in [-0.3, -0.25) is 29.0 Å². The fourth-order valence-electron chi connectivity index (χ4n) is 7.52. The molecule has 0 spiro atoms. The standard InChI is InChI=1S/C42H42N8O4S2/c1-45-39(51)31-9-3-7-29-35(13-11-33(37(29)31)41(45)53)43-15-5-17-47-19-21-49(27-47)23-25-55-56-26-24-50-22-20-48(28-50)18-6-16-44-36-14-12-34-38-30(36)8-4-10-32(38)40(52)46(2)42(34)54/h3-4,7-14,19-22,27-28H,5-6,15-18,23-26H2,1-2H3/p+2. The smallest absolute Gasteiger partial charge is 0.261 e. The number of imide groups is 2. The van der Waals surface area contributed by atoms with Gasteiger partial charge in [0, 0.05) is 107 Å². The van der Waals surface area contributed by atoms with Gasteiger partial charge < -0.3 is 10.6 Å². The number of aromatic nitrogens is 4. The molecule has 2 aliphatic heterocycles. The minimum atomic E-state index is -0.260. The average molecular weight is 789 g/mol. The molecule has 0 bridgehead atoms. The summed E-state index contributed by atoms with van der Waals surface area (Å²) in [6, 6.07) is 18.8. The van der Waals surface area contributed by atoms with Crippen molar-refractivity contribution in [3.8, 4) is 0 Å². The van der Waals surface area contributed by atoms with E-state index in [4.69, 9.17) is 0 Å². The predicted molar refractivity (Wildman–Crippen MR) is 221 cm³/mol. The number of imidazole rings is 2. The third-order valence-corrected chi connectivity index (χ3v) is 12.8. The Morgan fingerprint density at radius 3 is 1.39 bits per heavy atom. The number of nitrogens with one attached hydrogen (secondary N) is 2. The highest BCUT2D eigenvalue weighted by atomic mass is 33.1. The van der Waals surface area contributed by atoms with E-state index >= 15 is 0 Å². The number of anilines is 2. The minimum Gasteiger partial charge on any atom is -0.384 e. The Balaban J connectivity index is 0.714. The minimum absolute atomic E-state index is 0.260. The van der Waals surface area contributed by atoms with Crippen LogP contribution < -0.4 is 19.8 Å². The second kappa shape index (κ2) is 16.2. The van der Waals surface area contributed by atoms with Crippen molar-refractivity contribution in [1.82, 2.24) is 18.9 Å². The van der Waals surface area contributed by atoms with Gasteiger partial charge in [0.25, 0.3) is 23.6 Å². The summed E-state index contributed by atoms with van der Waals surface area (Å²) in [4.78, 5) is 53.1. The first-order valence-corrected chi connectivity index (χ1v) is 21.4. The van der Waals surface area contributed by atoms with Gasteiger partial charge in [0.05, 0.1) is 26.2 Å². The number of hydrogen-bond donors (Lipinski definition) is 2. The zero-order valence-corrected chi connectivity index (χ0v) is 33.1. The molecule has 8 rings (SSSR count). The van der Waals surface area contributed by atoms with E-state index in [1.807, 2.05) is 70.1 Å². The highest BCUT2D eigenvalue weighted by Crippen LogP contribution is 2.35. The quantitative estimate of drug-likeness (QED) is 0.0523. The van der Waals surface area contributed by atoms with E-state index in [1.54, 1.807) is 12.1 Å². The Labute approximate surface area is 332 Å². The van der Waals surface area contributed by atoms with Gasteiger partial charge in [0.2, 0.25) is 12.7 Å². The molecule has 4 amide bonds. The highest BCUT2D eigenvalue weighted by Gasteiger charge is 2.32. The number of benzene rings is 4. The fourth-order valence-corrected chi connectivity index (χ4v) is 9.48. The summed E-state index contributed by atoms with van der Waals surface area (Å²) in [5.41, 5.74) is 4.15. The van der Waals surface area contributed by atoms with Crippen molar-refractivity contribution < 1.29 is 28.3 Å².